The van der Waals surface area contributed by atoms with Gasteiger partial charge in [-0.25, -0.2) is 22.2 Å². The van der Waals surface area contributed by atoms with Crippen LogP contribution in [0.3, 0.4) is 0 Å². The molecular weight excluding hydrogens is 432 g/mol. The highest BCUT2D eigenvalue weighted by molar-refractivity contribution is 7.89. The average molecular weight is 450 g/mol. The zero-order valence-electron chi connectivity index (χ0n) is 15.6. The Labute approximate surface area is 176 Å². The van der Waals surface area contributed by atoms with E-state index in [1.807, 2.05) is 0 Å². The van der Waals surface area contributed by atoms with Crippen LogP contribution in [-0.2, 0) is 10.0 Å². The standard InChI is InChI=1S/C20H17F2N3O3S2/c21-15-6-3-13(4-7-15)17-12-29-20(23-17)24-19(26)14-5-8-16(22)18(11-14)30(27,28)25-9-1-2-10-25/h3-8,11-12H,1-2,9-10H2,(H,23,24,26). The van der Waals surface area contributed by atoms with Crippen LogP contribution in [0, 0.1) is 11.6 Å². The molecule has 3 aromatic rings. The Kier molecular flexibility index (Phi) is 5.63. The van der Waals surface area contributed by atoms with E-state index >= 15 is 0 Å². The molecule has 0 saturated carbocycles. The fraction of sp³-hybridized carbons (Fsp3) is 0.200. The van der Waals surface area contributed by atoms with Gasteiger partial charge in [0.1, 0.15) is 16.5 Å². The lowest BCUT2D eigenvalue weighted by Gasteiger charge is -2.16. The van der Waals surface area contributed by atoms with Crippen LogP contribution < -0.4 is 5.32 Å². The van der Waals surface area contributed by atoms with Crippen LogP contribution in [0.2, 0.25) is 0 Å². The van der Waals surface area contributed by atoms with Gasteiger partial charge in [0.05, 0.1) is 5.69 Å². The molecule has 1 N–H and O–H groups in total. The lowest BCUT2D eigenvalue weighted by atomic mass is 10.2. The van der Waals surface area contributed by atoms with Crippen LogP contribution in [0.4, 0.5) is 13.9 Å². The third kappa shape index (κ3) is 4.11. The Bertz CT molecular complexity index is 1190. The van der Waals surface area contributed by atoms with Gasteiger partial charge in [-0.15, -0.1) is 11.3 Å². The summed E-state index contributed by atoms with van der Waals surface area (Å²) in [6.45, 7) is 0.674. The molecule has 0 atom stereocenters. The normalized spacial score (nSPS) is 14.7. The van der Waals surface area contributed by atoms with Crippen LogP contribution in [0.1, 0.15) is 23.2 Å². The molecule has 1 aromatic heterocycles. The number of aromatic nitrogens is 1. The third-order valence-electron chi connectivity index (χ3n) is 4.74. The Morgan fingerprint density at radius 1 is 1.07 bits per heavy atom. The van der Waals surface area contributed by atoms with E-state index in [0.717, 1.165) is 25.0 Å². The number of benzene rings is 2. The SMILES string of the molecule is O=C(Nc1nc(-c2ccc(F)cc2)cs1)c1ccc(F)c(S(=O)(=O)N2CCCC2)c1. The fourth-order valence-electron chi connectivity index (χ4n) is 3.16. The summed E-state index contributed by atoms with van der Waals surface area (Å²) in [7, 11) is -4.00. The molecule has 1 aliphatic heterocycles. The maximum absolute atomic E-state index is 14.3. The molecule has 2 heterocycles. The Hall–Kier alpha value is -2.69. The number of hydrogen-bond donors (Lipinski definition) is 1. The number of halogens is 2. The smallest absolute Gasteiger partial charge is 0.257 e. The highest BCUT2D eigenvalue weighted by Crippen LogP contribution is 2.27. The van der Waals surface area contributed by atoms with E-state index in [2.05, 4.69) is 10.3 Å². The first-order valence-electron chi connectivity index (χ1n) is 9.17. The van der Waals surface area contributed by atoms with Gasteiger partial charge in [0.2, 0.25) is 10.0 Å². The van der Waals surface area contributed by atoms with Crippen molar-refractivity contribution in [2.24, 2.45) is 0 Å². The first-order chi connectivity index (χ1) is 14.3. The van der Waals surface area contributed by atoms with Gasteiger partial charge in [-0.3, -0.25) is 10.1 Å². The number of hydrogen-bond acceptors (Lipinski definition) is 5. The van der Waals surface area contributed by atoms with Crippen molar-refractivity contribution in [2.45, 2.75) is 17.7 Å². The Balaban J connectivity index is 1.55. The van der Waals surface area contributed by atoms with E-state index in [4.69, 9.17) is 0 Å². The number of carbonyl (C=O) groups excluding carboxylic acids is 1. The van der Waals surface area contributed by atoms with Crippen molar-refractivity contribution >= 4 is 32.4 Å². The zero-order chi connectivity index (χ0) is 21.3. The van der Waals surface area contributed by atoms with Crippen molar-refractivity contribution < 1.29 is 22.0 Å². The molecule has 1 amide bonds. The summed E-state index contributed by atoms with van der Waals surface area (Å²) >= 11 is 1.17. The lowest BCUT2D eigenvalue weighted by molar-refractivity contribution is 0.102. The summed E-state index contributed by atoms with van der Waals surface area (Å²) in [4.78, 5) is 16.4. The van der Waals surface area contributed by atoms with Gasteiger partial charge in [0, 0.05) is 29.6 Å². The first-order valence-corrected chi connectivity index (χ1v) is 11.5. The molecule has 0 aliphatic carbocycles. The van der Waals surface area contributed by atoms with E-state index in [0.29, 0.717) is 24.3 Å². The molecule has 0 unspecified atom stereocenters. The number of thiazole rings is 1. The van der Waals surface area contributed by atoms with E-state index in [1.54, 1.807) is 17.5 Å². The average Bonchev–Trinajstić information content (AvgIpc) is 3.41. The molecule has 1 saturated heterocycles. The van der Waals surface area contributed by atoms with Crippen molar-refractivity contribution in [1.82, 2.24) is 9.29 Å². The highest BCUT2D eigenvalue weighted by atomic mass is 32.2. The number of sulfonamides is 1. The van der Waals surface area contributed by atoms with Crippen LogP contribution in [0.5, 0.6) is 0 Å². The Morgan fingerprint density at radius 2 is 1.77 bits per heavy atom. The maximum Gasteiger partial charge on any atom is 0.257 e. The summed E-state index contributed by atoms with van der Waals surface area (Å²) in [5.41, 5.74) is 1.26. The van der Waals surface area contributed by atoms with Gasteiger partial charge in [-0.1, -0.05) is 0 Å². The number of rotatable bonds is 5. The quantitative estimate of drug-likeness (QED) is 0.635. The van der Waals surface area contributed by atoms with Crippen LogP contribution >= 0.6 is 11.3 Å². The minimum absolute atomic E-state index is 0.00713. The number of anilines is 1. The van der Waals surface area contributed by atoms with Crippen molar-refractivity contribution in [3.05, 3.63) is 65.0 Å². The van der Waals surface area contributed by atoms with Crippen molar-refractivity contribution in [2.75, 3.05) is 18.4 Å². The monoisotopic (exact) mass is 449 g/mol. The maximum atomic E-state index is 14.3. The van der Waals surface area contributed by atoms with Gasteiger partial charge in [0.15, 0.2) is 5.13 Å². The molecule has 156 valence electrons. The Morgan fingerprint density at radius 3 is 2.47 bits per heavy atom. The number of carbonyl (C=O) groups is 1. The molecule has 0 spiro atoms. The molecule has 0 radical (unpaired) electrons. The second kappa shape index (κ2) is 8.21. The number of nitrogens with one attached hydrogen (secondary N) is 1. The first kappa shape index (κ1) is 20.6. The zero-order valence-corrected chi connectivity index (χ0v) is 17.3. The van der Waals surface area contributed by atoms with Gasteiger partial charge in [0.25, 0.3) is 5.91 Å². The molecule has 1 fully saturated rings. The second-order valence-corrected chi connectivity index (χ2v) is 9.52. The molecule has 2 aromatic carbocycles. The minimum atomic E-state index is -4.00. The molecule has 30 heavy (non-hydrogen) atoms. The summed E-state index contributed by atoms with van der Waals surface area (Å²) in [5.74, 6) is -1.86. The predicted molar refractivity (Wildman–Crippen MR) is 110 cm³/mol. The predicted octanol–water partition coefficient (Wildman–Crippen LogP) is 4.13. The summed E-state index contributed by atoms with van der Waals surface area (Å²) in [5, 5.41) is 4.58. The van der Waals surface area contributed by atoms with E-state index < -0.39 is 26.6 Å². The van der Waals surface area contributed by atoms with E-state index in [-0.39, 0.29) is 16.5 Å². The van der Waals surface area contributed by atoms with E-state index in [1.165, 1.54) is 33.8 Å². The van der Waals surface area contributed by atoms with Crippen molar-refractivity contribution in [1.29, 1.82) is 0 Å². The summed E-state index contributed by atoms with van der Waals surface area (Å²) < 4.78 is 53.9. The van der Waals surface area contributed by atoms with Crippen LogP contribution in [0.15, 0.2) is 52.7 Å². The molecule has 6 nitrogen and oxygen atoms in total. The molecule has 4 rings (SSSR count). The fourth-order valence-corrected chi connectivity index (χ4v) is 5.49. The van der Waals surface area contributed by atoms with Gasteiger partial charge >= 0.3 is 0 Å². The third-order valence-corrected chi connectivity index (χ3v) is 7.41. The molecule has 0 bridgehead atoms. The highest BCUT2D eigenvalue weighted by Gasteiger charge is 2.30. The van der Waals surface area contributed by atoms with E-state index in [9.17, 15) is 22.0 Å². The van der Waals surface area contributed by atoms with Crippen LogP contribution in [-0.4, -0.2) is 36.7 Å². The number of nitrogens with zero attached hydrogens (tertiary/aromatic N) is 2. The largest absolute Gasteiger partial charge is 0.298 e. The molecular formula is C20H17F2N3O3S2. The van der Waals surface area contributed by atoms with Crippen LogP contribution in [0.25, 0.3) is 11.3 Å². The lowest BCUT2D eigenvalue weighted by Crippen LogP contribution is -2.29. The minimum Gasteiger partial charge on any atom is -0.298 e. The summed E-state index contributed by atoms with van der Waals surface area (Å²) in [6.07, 6.45) is 1.45. The van der Waals surface area contributed by atoms with Gasteiger partial charge < -0.3 is 0 Å². The van der Waals surface area contributed by atoms with Crippen molar-refractivity contribution in [3.63, 3.8) is 0 Å². The second-order valence-electron chi connectivity index (χ2n) is 6.76. The van der Waals surface area contributed by atoms with Gasteiger partial charge in [-0.2, -0.15) is 4.31 Å². The number of amides is 1. The van der Waals surface area contributed by atoms with Gasteiger partial charge in [-0.05, 0) is 55.3 Å². The molecule has 10 heteroatoms. The topological polar surface area (TPSA) is 79.4 Å². The summed E-state index contributed by atoms with van der Waals surface area (Å²) in [6, 6.07) is 9.02. The van der Waals surface area contributed by atoms with Crippen molar-refractivity contribution in [3.8, 4) is 11.3 Å². The molecule has 1 aliphatic rings.